The average Bonchev–Trinajstić information content (AvgIpc) is 2.28. The summed E-state index contributed by atoms with van der Waals surface area (Å²) in [5.74, 6) is 1.08. The van der Waals surface area contributed by atoms with Crippen molar-refractivity contribution >= 4 is 5.82 Å². The van der Waals surface area contributed by atoms with E-state index in [0.29, 0.717) is 0 Å². The number of nitrogens with two attached hydrogens (primary N) is 1. The van der Waals surface area contributed by atoms with Gasteiger partial charge in [0.05, 0.1) is 0 Å². The first kappa shape index (κ1) is 14.0. The van der Waals surface area contributed by atoms with Gasteiger partial charge in [-0.1, -0.05) is 13.8 Å². The number of pyridine rings is 1. The molecule has 1 aromatic rings. The van der Waals surface area contributed by atoms with E-state index in [9.17, 15) is 0 Å². The third-order valence-electron chi connectivity index (χ3n) is 2.94. The van der Waals surface area contributed by atoms with E-state index in [1.54, 1.807) is 0 Å². The van der Waals surface area contributed by atoms with E-state index >= 15 is 0 Å². The lowest BCUT2D eigenvalue weighted by Crippen LogP contribution is -2.26. The van der Waals surface area contributed by atoms with Crippen molar-refractivity contribution in [3.8, 4) is 0 Å². The van der Waals surface area contributed by atoms with Crippen molar-refractivity contribution < 1.29 is 0 Å². The quantitative estimate of drug-likeness (QED) is 0.824. The Bertz CT molecular complexity index is 341. The van der Waals surface area contributed by atoms with Crippen LogP contribution in [-0.2, 0) is 0 Å². The van der Waals surface area contributed by atoms with Crippen LogP contribution in [0.4, 0.5) is 5.82 Å². The maximum absolute atomic E-state index is 5.90. The molecule has 0 amide bonds. The van der Waals surface area contributed by atoms with Crippen LogP contribution in [0.2, 0.25) is 0 Å². The SMILES string of the molecule is CCCN(CCC)c1cc(C)c(C(C)N)cn1. The Balaban J connectivity index is 2.93. The molecule has 2 N–H and O–H groups in total. The Morgan fingerprint density at radius 3 is 2.29 bits per heavy atom. The van der Waals surface area contributed by atoms with E-state index in [-0.39, 0.29) is 6.04 Å². The molecule has 1 rings (SSSR count). The minimum Gasteiger partial charge on any atom is -0.357 e. The van der Waals surface area contributed by atoms with Crippen LogP contribution in [0.15, 0.2) is 12.3 Å². The third-order valence-corrected chi connectivity index (χ3v) is 2.94. The van der Waals surface area contributed by atoms with Gasteiger partial charge in [0.15, 0.2) is 0 Å². The molecular formula is C14H25N3. The van der Waals surface area contributed by atoms with Crippen LogP contribution in [0, 0.1) is 6.92 Å². The van der Waals surface area contributed by atoms with Crippen molar-refractivity contribution in [2.45, 2.75) is 46.6 Å². The molecule has 0 spiro atoms. The summed E-state index contributed by atoms with van der Waals surface area (Å²) in [7, 11) is 0. The number of aromatic nitrogens is 1. The van der Waals surface area contributed by atoms with Crippen LogP contribution in [0.25, 0.3) is 0 Å². The lowest BCUT2D eigenvalue weighted by molar-refractivity contribution is 0.729. The first-order valence-corrected chi connectivity index (χ1v) is 6.57. The maximum Gasteiger partial charge on any atom is 0.128 e. The second kappa shape index (κ2) is 6.60. The largest absolute Gasteiger partial charge is 0.357 e. The second-order valence-corrected chi connectivity index (χ2v) is 4.67. The van der Waals surface area contributed by atoms with E-state index in [4.69, 9.17) is 5.73 Å². The predicted octanol–water partition coefficient (Wildman–Crippen LogP) is 3.04. The molecule has 1 aromatic heterocycles. The summed E-state index contributed by atoms with van der Waals surface area (Å²) in [6.07, 6.45) is 4.22. The summed E-state index contributed by atoms with van der Waals surface area (Å²) in [5, 5.41) is 0. The van der Waals surface area contributed by atoms with Crippen LogP contribution in [0.5, 0.6) is 0 Å². The maximum atomic E-state index is 5.90. The summed E-state index contributed by atoms with van der Waals surface area (Å²) in [6, 6.07) is 2.21. The number of rotatable bonds is 6. The van der Waals surface area contributed by atoms with Crippen LogP contribution in [0.1, 0.15) is 50.8 Å². The first-order chi connectivity index (χ1) is 8.10. The first-order valence-electron chi connectivity index (χ1n) is 6.57. The Labute approximate surface area is 105 Å². The van der Waals surface area contributed by atoms with E-state index < -0.39 is 0 Å². The highest BCUT2D eigenvalue weighted by atomic mass is 15.2. The Morgan fingerprint density at radius 2 is 1.88 bits per heavy atom. The molecule has 0 fully saturated rings. The zero-order valence-corrected chi connectivity index (χ0v) is 11.5. The molecule has 0 aliphatic heterocycles. The number of aryl methyl sites for hydroxylation is 1. The summed E-state index contributed by atoms with van der Waals surface area (Å²) < 4.78 is 0. The van der Waals surface area contributed by atoms with Gasteiger partial charge in [0.1, 0.15) is 5.82 Å². The van der Waals surface area contributed by atoms with Gasteiger partial charge in [0.25, 0.3) is 0 Å². The van der Waals surface area contributed by atoms with Crippen LogP contribution < -0.4 is 10.6 Å². The van der Waals surface area contributed by atoms with Crippen LogP contribution >= 0.6 is 0 Å². The number of hydrogen-bond donors (Lipinski definition) is 1. The monoisotopic (exact) mass is 235 g/mol. The number of hydrogen-bond acceptors (Lipinski definition) is 3. The van der Waals surface area contributed by atoms with Gasteiger partial charge >= 0.3 is 0 Å². The van der Waals surface area contributed by atoms with Gasteiger partial charge in [-0.2, -0.15) is 0 Å². The normalized spacial score (nSPS) is 12.5. The second-order valence-electron chi connectivity index (χ2n) is 4.67. The molecule has 0 aromatic carbocycles. The Hall–Kier alpha value is -1.09. The fraction of sp³-hybridized carbons (Fsp3) is 0.643. The Morgan fingerprint density at radius 1 is 1.29 bits per heavy atom. The van der Waals surface area contributed by atoms with Crippen molar-refractivity contribution in [3.63, 3.8) is 0 Å². The average molecular weight is 235 g/mol. The van der Waals surface area contributed by atoms with Gasteiger partial charge in [-0.05, 0) is 43.9 Å². The molecule has 0 saturated carbocycles. The number of nitrogens with zero attached hydrogens (tertiary/aromatic N) is 2. The molecule has 17 heavy (non-hydrogen) atoms. The fourth-order valence-electron chi connectivity index (χ4n) is 2.08. The molecule has 1 heterocycles. The Kier molecular flexibility index (Phi) is 5.42. The van der Waals surface area contributed by atoms with Crippen LogP contribution in [0.3, 0.4) is 0 Å². The summed E-state index contributed by atoms with van der Waals surface area (Å²) in [4.78, 5) is 6.89. The molecular weight excluding hydrogens is 210 g/mol. The lowest BCUT2D eigenvalue weighted by Gasteiger charge is -2.23. The predicted molar refractivity (Wildman–Crippen MR) is 74.4 cm³/mol. The number of anilines is 1. The van der Waals surface area contributed by atoms with Gasteiger partial charge in [-0.25, -0.2) is 4.98 Å². The summed E-state index contributed by atoms with van der Waals surface area (Å²) in [5.41, 5.74) is 8.28. The zero-order valence-electron chi connectivity index (χ0n) is 11.5. The minimum atomic E-state index is 0.0577. The van der Waals surface area contributed by atoms with Crippen molar-refractivity contribution in [2.24, 2.45) is 5.73 Å². The van der Waals surface area contributed by atoms with E-state index in [0.717, 1.165) is 37.3 Å². The zero-order chi connectivity index (χ0) is 12.8. The van der Waals surface area contributed by atoms with Gasteiger partial charge in [0.2, 0.25) is 0 Å². The molecule has 0 radical (unpaired) electrons. The molecule has 3 heteroatoms. The molecule has 1 unspecified atom stereocenters. The molecule has 0 aliphatic rings. The van der Waals surface area contributed by atoms with Crippen molar-refractivity contribution in [1.82, 2.24) is 4.98 Å². The van der Waals surface area contributed by atoms with Crippen molar-refractivity contribution in [3.05, 3.63) is 23.4 Å². The molecule has 3 nitrogen and oxygen atoms in total. The van der Waals surface area contributed by atoms with Gasteiger partial charge in [0, 0.05) is 25.3 Å². The minimum absolute atomic E-state index is 0.0577. The highest BCUT2D eigenvalue weighted by Crippen LogP contribution is 2.20. The summed E-state index contributed by atoms with van der Waals surface area (Å²) >= 11 is 0. The fourth-order valence-corrected chi connectivity index (χ4v) is 2.08. The van der Waals surface area contributed by atoms with E-state index in [1.807, 2.05) is 13.1 Å². The van der Waals surface area contributed by atoms with Gasteiger partial charge in [-0.3, -0.25) is 0 Å². The van der Waals surface area contributed by atoms with Crippen molar-refractivity contribution in [2.75, 3.05) is 18.0 Å². The van der Waals surface area contributed by atoms with E-state index in [1.165, 1.54) is 5.56 Å². The van der Waals surface area contributed by atoms with E-state index in [2.05, 4.69) is 36.7 Å². The smallest absolute Gasteiger partial charge is 0.128 e. The molecule has 0 aliphatic carbocycles. The lowest BCUT2D eigenvalue weighted by atomic mass is 10.1. The molecule has 96 valence electrons. The highest BCUT2D eigenvalue weighted by molar-refractivity contribution is 5.44. The molecule has 1 atom stereocenters. The van der Waals surface area contributed by atoms with Crippen LogP contribution in [-0.4, -0.2) is 18.1 Å². The summed E-state index contributed by atoms with van der Waals surface area (Å²) in [6.45, 7) is 10.6. The van der Waals surface area contributed by atoms with Crippen molar-refractivity contribution in [1.29, 1.82) is 0 Å². The molecule has 0 bridgehead atoms. The van der Waals surface area contributed by atoms with Gasteiger partial charge < -0.3 is 10.6 Å². The standard InChI is InChI=1S/C14H25N3/c1-5-7-17(8-6-2)14-9-11(3)13(10-16-14)12(4)15/h9-10,12H,5-8,15H2,1-4H3. The molecule has 0 saturated heterocycles. The van der Waals surface area contributed by atoms with Gasteiger partial charge in [-0.15, -0.1) is 0 Å². The highest BCUT2D eigenvalue weighted by Gasteiger charge is 2.09. The third kappa shape index (κ3) is 3.70. The topological polar surface area (TPSA) is 42.1 Å².